The maximum absolute atomic E-state index is 5.72. The third kappa shape index (κ3) is 6.35. The van der Waals surface area contributed by atoms with Gasteiger partial charge >= 0.3 is 0 Å². The summed E-state index contributed by atoms with van der Waals surface area (Å²) in [5, 5.41) is 0. The van der Waals surface area contributed by atoms with E-state index in [0.717, 1.165) is 19.6 Å². The second kappa shape index (κ2) is 7.21. The maximum atomic E-state index is 5.72. The lowest BCUT2D eigenvalue weighted by atomic mass is 9.79. The standard InChI is InChI=1S/C11H25NO2/c1-11(2,3)10(9-12)5-6-14-8-7-13-4/h10H,5-9,12H2,1-4H3. The van der Waals surface area contributed by atoms with Gasteiger partial charge in [0.25, 0.3) is 0 Å². The molecule has 2 N–H and O–H groups in total. The van der Waals surface area contributed by atoms with E-state index in [1.807, 2.05) is 0 Å². The van der Waals surface area contributed by atoms with Gasteiger partial charge in [-0.15, -0.1) is 0 Å². The quantitative estimate of drug-likeness (QED) is 0.640. The summed E-state index contributed by atoms with van der Waals surface area (Å²) >= 11 is 0. The van der Waals surface area contributed by atoms with Gasteiger partial charge < -0.3 is 15.2 Å². The van der Waals surface area contributed by atoms with Crippen molar-refractivity contribution in [2.75, 3.05) is 33.5 Å². The lowest BCUT2D eigenvalue weighted by Crippen LogP contribution is -2.29. The third-order valence-electron chi connectivity index (χ3n) is 2.55. The molecule has 14 heavy (non-hydrogen) atoms. The van der Waals surface area contributed by atoms with Crippen LogP contribution in [-0.4, -0.2) is 33.5 Å². The lowest BCUT2D eigenvalue weighted by molar-refractivity contribution is 0.0552. The first-order chi connectivity index (χ1) is 6.52. The summed E-state index contributed by atoms with van der Waals surface area (Å²) in [6, 6.07) is 0. The van der Waals surface area contributed by atoms with E-state index in [0.29, 0.717) is 19.1 Å². The molecule has 0 bridgehead atoms. The molecule has 0 spiro atoms. The molecule has 0 aromatic rings. The van der Waals surface area contributed by atoms with Crippen LogP contribution in [0.25, 0.3) is 0 Å². The monoisotopic (exact) mass is 203 g/mol. The Labute approximate surface area is 88.0 Å². The van der Waals surface area contributed by atoms with Crippen LogP contribution in [0.3, 0.4) is 0 Å². The van der Waals surface area contributed by atoms with Crippen LogP contribution in [0.4, 0.5) is 0 Å². The van der Waals surface area contributed by atoms with Gasteiger partial charge in [-0.25, -0.2) is 0 Å². The van der Waals surface area contributed by atoms with Crippen molar-refractivity contribution in [3.05, 3.63) is 0 Å². The van der Waals surface area contributed by atoms with Gasteiger partial charge in [0.05, 0.1) is 13.2 Å². The highest BCUT2D eigenvalue weighted by Gasteiger charge is 2.22. The number of nitrogens with two attached hydrogens (primary N) is 1. The predicted octanol–water partition coefficient (Wildman–Crippen LogP) is 1.66. The predicted molar refractivity (Wildman–Crippen MR) is 59.3 cm³/mol. The van der Waals surface area contributed by atoms with Crippen LogP contribution in [-0.2, 0) is 9.47 Å². The Bertz CT molecular complexity index is 132. The van der Waals surface area contributed by atoms with Crippen molar-refractivity contribution in [2.45, 2.75) is 27.2 Å². The molecule has 0 fully saturated rings. The average molecular weight is 203 g/mol. The van der Waals surface area contributed by atoms with Gasteiger partial charge in [-0.2, -0.15) is 0 Å². The fraction of sp³-hybridized carbons (Fsp3) is 1.00. The van der Waals surface area contributed by atoms with Crippen molar-refractivity contribution < 1.29 is 9.47 Å². The number of hydrogen-bond acceptors (Lipinski definition) is 3. The molecule has 0 aliphatic heterocycles. The van der Waals surface area contributed by atoms with Crippen molar-refractivity contribution in [2.24, 2.45) is 17.1 Å². The van der Waals surface area contributed by atoms with E-state index in [-0.39, 0.29) is 5.41 Å². The van der Waals surface area contributed by atoms with Gasteiger partial charge in [-0.1, -0.05) is 20.8 Å². The second-order valence-electron chi connectivity index (χ2n) is 4.69. The highest BCUT2D eigenvalue weighted by Crippen LogP contribution is 2.27. The number of ether oxygens (including phenoxy) is 2. The van der Waals surface area contributed by atoms with Crippen LogP contribution >= 0.6 is 0 Å². The molecule has 1 unspecified atom stereocenters. The van der Waals surface area contributed by atoms with E-state index in [1.54, 1.807) is 7.11 Å². The first-order valence-electron chi connectivity index (χ1n) is 5.29. The molecule has 3 heteroatoms. The molecule has 0 saturated heterocycles. The smallest absolute Gasteiger partial charge is 0.0700 e. The third-order valence-corrected chi connectivity index (χ3v) is 2.55. The second-order valence-corrected chi connectivity index (χ2v) is 4.69. The summed E-state index contributed by atoms with van der Waals surface area (Å²) in [4.78, 5) is 0. The topological polar surface area (TPSA) is 44.5 Å². The first-order valence-corrected chi connectivity index (χ1v) is 5.29. The largest absolute Gasteiger partial charge is 0.382 e. The number of rotatable bonds is 7. The van der Waals surface area contributed by atoms with E-state index in [1.165, 1.54) is 0 Å². The molecular weight excluding hydrogens is 178 g/mol. The summed E-state index contributed by atoms with van der Waals surface area (Å²) in [6.07, 6.45) is 1.03. The van der Waals surface area contributed by atoms with Crippen LogP contribution in [0.1, 0.15) is 27.2 Å². The zero-order valence-electron chi connectivity index (χ0n) is 10.0. The van der Waals surface area contributed by atoms with Crippen molar-refractivity contribution in [3.63, 3.8) is 0 Å². The molecule has 0 heterocycles. The van der Waals surface area contributed by atoms with Gasteiger partial charge in [0.1, 0.15) is 0 Å². The molecule has 86 valence electrons. The zero-order chi connectivity index (χ0) is 11.0. The Morgan fingerprint density at radius 2 is 1.79 bits per heavy atom. The molecule has 0 rings (SSSR count). The van der Waals surface area contributed by atoms with Crippen molar-refractivity contribution in [1.29, 1.82) is 0 Å². The summed E-state index contributed by atoms with van der Waals surface area (Å²) < 4.78 is 10.3. The Morgan fingerprint density at radius 3 is 2.21 bits per heavy atom. The van der Waals surface area contributed by atoms with E-state index in [4.69, 9.17) is 15.2 Å². The Hall–Kier alpha value is -0.120. The highest BCUT2D eigenvalue weighted by molar-refractivity contribution is 4.74. The molecule has 0 aromatic carbocycles. The van der Waals surface area contributed by atoms with Crippen LogP contribution in [0.15, 0.2) is 0 Å². The average Bonchev–Trinajstić information content (AvgIpc) is 2.09. The Balaban J connectivity index is 3.54. The van der Waals surface area contributed by atoms with Crippen LogP contribution in [0.5, 0.6) is 0 Å². The van der Waals surface area contributed by atoms with Crippen LogP contribution in [0, 0.1) is 11.3 Å². The molecule has 3 nitrogen and oxygen atoms in total. The minimum Gasteiger partial charge on any atom is -0.382 e. The zero-order valence-corrected chi connectivity index (χ0v) is 10.0. The number of methoxy groups -OCH3 is 1. The molecule has 0 aliphatic carbocycles. The maximum Gasteiger partial charge on any atom is 0.0700 e. The molecule has 0 amide bonds. The van der Waals surface area contributed by atoms with Crippen molar-refractivity contribution >= 4 is 0 Å². The Morgan fingerprint density at radius 1 is 1.14 bits per heavy atom. The van der Waals surface area contributed by atoms with Gasteiger partial charge in [0.15, 0.2) is 0 Å². The summed E-state index contributed by atoms with van der Waals surface area (Å²) in [6.45, 7) is 9.53. The molecule has 1 atom stereocenters. The minimum absolute atomic E-state index is 0.277. The van der Waals surface area contributed by atoms with Gasteiger partial charge in [-0.05, 0) is 24.3 Å². The molecule has 0 radical (unpaired) electrons. The van der Waals surface area contributed by atoms with Crippen molar-refractivity contribution in [1.82, 2.24) is 0 Å². The fourth-order valence-corrected chi connectivity index (χ4v) is 1.37. The first kappa shape index (κ1) is 13.9. The molecule has 0 aromatic heterocycles. The lowest BCUT2D eigenvalue weighted by Gasteiger charge is -2.29. The SMILES string of the molecule is COCCOCCC(CN)C(C)(C)C. The van der Waals surface area contributed by atoms with Crippen molar-refractivity contribution in [3.8, 4) is 0 Å². The van der Waals surface area contributed by atoms with E-state index in [2.05, 4.69) is 20.8 Å². The molecular formula is C11H25NO2. The minimum atomic E-state index is 0.277. The van der Waals surface area contributed by atoms with Crippen LogP contribution < -0.4 is 5.73 Å². The normalized spacial score (nSPS) is 14.4. The molecule has 0 saturated carbocycles. The fourth-order valence-electron chi connectivity index (χ4n) is 1.37. The molecule has 0 aliphatic rings. The van der Waals surface area contributed by atoms with E-state index in [9.17, 15) is 0 Å². The summed E-state index contributed by atoms with van der Waals surface area (Å²) in [7, 11) is 1.68. The Kier molecular flexibility index (Phi) is 7.15. The number of hydrogen-bond donors (Lipinski definition) is 1. The summed E-state index contributed by atoms with van der Waals surface area (Å²) in [5.41, 5.74) is 6.00. The van der Waals surface area contributed by atoms with Gasteiger partial charge in [0.2, 0.25) is 0 Å². The summed E-state index contributed by atoms with van der Waals surface area (Å²) in [5.74, 6) is 0.532. The van der Waals surface area contributed by atoms with Gasteiger partial charge in [0, 0.05) is 13.7 Å². The van der Waals surface area contributed by atoms with Gasteiger partial charge in [-0.3, -0.25) is 0 Å². The van der Waals surface area contributed by atoms with E-state index >= 15 is 0 Å². The van der Waals surface area contributed by atoms with E-state index < -0.39 is 0 Å². The highest BCUT2D eigenvalue weighted by atomic mass is 16.5. The van der Waals surface area contributed by atoms with Crippen LogP contribution in [0.2, 0.25) is 0 Å².